The predicted molar refractivity (Wildman–Crippen MR) is 121 cm³/mol. The van der Waals surface area contributed by atoms with Crippen LogP contribution < -0.4 is 0 Å². The maximum absolute atomic E-state index is 10.9. The van der Waals surface area contributed by atoms with Crippen molar-refractivity contribution < 1.29 is 5.11 Å². The summed E-state index contributed by atoms with van der Waals surface area (Å²) in [6.07, 6.45) is 9.52. The van der Waals surface area contributed by atoms with Gasteiger partial charge < -0.3 is 5.11 Å². The van der Waals surface area contributed by atoms with E-state index >= 15 is 0 Å². The predicted octanol–water partition coefficient (Wildman–Crippen LogP) is 7.32. The Morgan fingerprint density at radius 1 is 0.862 bits per heavy atom. The molecule has 2 unspecified atom stereocenters. The van der Waals surface area contributed by atoms with Crippen LogP contribution in [0.1, 0.15) is 50.7 Å². The normalized spacial score (nSPS) is 32.2. The van der Waals surface area contributed by atoms with Crippen molar-refractivity contribution in [3.05, 3.63) is 71.8 Å². The molecule has 1 nitrogen and oxygen atoms in total. The van der Waals surface area contributed by atoms with Crippen LogP contribution in [0.4, 0.5) is 0 Å². The van der Waals surface area contributed by atoms with Gasteiger partial charge >= 0.3 is 0 Å². The van der Waals surface area contributed by atoms with Gasteiger partial charge in [-0.25, -0.2) is 0 Å². The molecule has 0 aromatic heterocycles. The zero-order chi connectivity index (χ0) is 19.8. The number of allylic oxidation sites excluding steroid dienone is 1. The highest BCUT2D eigenvalue weighted by Gasteiger charge is 2.76. The second-order valence-electron chi connectivity index (χ2n) is 9.80. The fourth-order valence-corrected chi connectivity index (χ4v) is 7.19. The lowest BCUT2D eigenvalue weighted by molar-refractivity contribution is -0.176. The molecule has 0 bridgehead atoms. The van der Waals surface area contributed by atoms with Crippen LogP contribution in [0.5, 0.6) is 5.75 Å². The highest BCUT2D eigenvalue weighted by Crippen LogP contribution is 2.81. The molecule has 6 rings (SSSR count). The molecule has 146 valence electrons. The van der Waals surface area contributed by atoms with Gasteiger partial charge in [0, 0.05) is 11.0 Å². The maximum Gasteiger partial charge on any atom is 0.119 e. The summed E-state index contributed by atoms with van der Waals surface area (Å²) in [6, 6.07) is 19.7. The van der Waals surface area contributed by atoms with E-state index in [2.05, 4.69) is 67.6 Å². The molecule has 3 aromatic carbocycles. The lowest BCUT2D eigenvalue weighted by atomic mass is 9.31. The monoisotopic (exact) mass is 380 g/mol. The van der Waals surface area contributed by atoms with Gasteiger partial charge in [-0.2, -0.15) is 0 Å². The third-order valence-corrected chi connectivity index (χ3v) is 8.85. The van der Waals surface area contributed by atoms with Crippen LogP contribution in [0, 0.1) is 17.3 Å². The van der Waals surface area contributed by atoms with Crippen LogP contribution >= 0.6 is 0 Å². The Hall–Kier alpha value is -2.54. The first-order valence-electron chi connectivity index (χ1n) is 11.1. The SMILES string of the molecule is C/C=C\c1ccc(-c2ccc3cc(O)c(C45CC6CCC(C4)C65C)cc3c2)cc1. The van der Waals surface area contributed by atoms with Gasteiger partial charge in [0.2, 0.25) is 0 Å². The number of hydrogen-bond acceptors (Lipinski definition) is 1. The minimum Gasteiger partial charge on any atom is -0.508 e. The van der Waals surface area contributed by atoms with E-state index in [0.29, 0.717) is 11.2 Å². The number of fused-ring (bicyclic) bond motifs is 1. The molecule has 0 aliphatic heterocycles. The van der Waals surface area contributed by atoms with E-state index in [4.69, 9.17) is 0 Å². The van der Waals surface area contributed by atoms with Gasteiger partial charge in [-0.1, -0.05) is 55.5 Å². The summed E-state index contributed by atoms with van der Waals surface area (Å²) in [7, 11) is 0. The van der Waals surface area contributed by atoms with E-state index in [1.807, 2.05) is 13.0 Å². The van der Waals surface area contributed by atoms with Gasteiger partial charge in [-0.15, -0.1) is 0 Å². The Morgan fingerprint density at radius 2 is 1.55 bits per heavy atom. The van der Waals surface area contributed by atoms with Crippen LogP contribution in [0.25, 0.3) is 28.0 Å². The second kappa shape index (κ2) is 5.75. The molecule has 0 heterocycles. The van der Waals surface area contributed by atoms with Crippen molar-refractivity contribution in [1.82, 2.24) is 0 Å². The van der Waals surface area contributed by atoms with E-state index in [1.165, 1.54) is 53.3 Å². The standard InChI is InChI=1S/C28H28O/c1-3-4-18-5-7-19(8-6-18)20-9-10-21-15-26(29)25(14-22(21)13-20)28-16-23-11-12-24(17-28)27(23,28)2/h3-10,13-15,23-24,29H,11-12,16-17H2,1-2H3/b4-3-. The summed E-state index contributed by atoms with van der Waals surface area (Å²) in [6.45, 7) is 4.54. The summed E-state index contributed by atoms with van der Waals surface area (Å²) in [5, 5.41) is 13.3. The molecule has 0 amide bonds. The molecular formula is C28H28O. The lowest BCUT2D eigenvalue weighted by Crippen LogP contribution is -2.68. The van der Waals surface area contributed by atoms with Crippen molar-refractivity contribution in [2.24, 2.45) is 17.3 Å². The van der Waals surface area contributed by atoms with Crippen molar-refractivity contribution in [2.75, 3.05) is 0 Å². The Balaban J connectivity index is 1.42. The first-order valence-corrected chi connectivity index (χ1v) is 11.1. The van der Waals surface area contributed by atoms with Gasteiger partial charge in [0.05, 0.1) is 0 Å². The van der Waals surface area contributed by atoms with Crippen molar-refractivity contribution in [1.29, 1.82) is 0 Å². The van der Waals surface area contributed by atoms with Crippen molar-refractivity contribution >= 4 is 16.8 Å². The number of benzene rings is 3. The molecule has 29 heavy (non-hydrogen) atoms. The quantitative estimate of drug-likeness (QED) is 0.504. The summed E-state index contributed by atoms with van der Waals surface area (Å²) in [5.74, 6) is 2.25. The molecule has 3 aromatic rings. The smallest absolute Gasteiger partial charge is 0.119 e. The lowest BCUT2D eigenvalue weighted by Gasteiger charge is -2.72. The van der Waals surface area contributed by atoms with E-state index < -0.39 is 0 Å². The van der Waals surface area contributed by atoms with Crippen LogP contribution in [0.3, 0.4) is 0 Å². The van der Waals surface area contributed by atoms with Crippen LogP contribution in [0.2, 0.25) is 0 Å². The first-order chi connectivity index (χ1) is 14.0. The second-order valence-corrected chi connectivity index (χ2v) is 9.80. The summed E-state index contributed by atoms with van der Waals surface area (Å²) < 4.78 is 0. The van der Waals surface area contributed by atoms with Crippen molar-refractivity contribution in [2.45, 2.75) is 44.9 Å². The fraction of sp³-hybridized carbons (Fsp3) is 0.357. The molecule has 0 radical (unpaired) electrons. The molecule has 3 aliphatic carbocycles. The Bertz CT molecular complexity index is 1140. The zero-order valence-corrected chi connectivity index (χ0v) is 17.3. The van der Waals surface area contributed by atoms with E-state index in [-0.39, 0.29) is 5.41 Å². The molecule has 1 N–H and O–H groups in total. The number of rotatable bonds is 3. The summed E-state index contributed by atoms with van der Waals surface area (Å²) in [4.78, 5) is 0. The van der Waals surface area contributed by atoms with Gasteiger partial charge in [0.1, 0.15) is 5.75 Å². The number of phenols is 1. The molecule has 0 spiro atoms. The third-order valence-electron chi connectivity index (χ3n) is 8.85. The average molecular weight is 381 g/mol. The number of hydrogen-bond donors (Lipinski definition) is 1. The summed E-state index contributed by atoms with van der Waals surface area (Å²) in [5.41, 5.74) is 5.57. The van der Waals surface area contributed by atoms with Gasteiger partial charge in [-0.3, -0.25) is 0 Å². The average Bonchev–Trinajstić information content (AvgIpc) is 2.90. The Labute approximate surface area is 173 Å². The molecule has 0 saturated heterocycles. The zero-order valence-electron chi connectivity index (χ0n) is 17.3. The van der Waals surface area contributed by atoms with Crippen LogP contribution in [-0.2, 0) is 5.41 Å². The van der Waals surface area contributed by atoms with E-state index in [1.54, 1.807) is 0 Å². The Kier molecular flexibility index (Phi) is 3.44. The largest absolute Gasteiger partial charge is 0.508 e. The van der Waals surface area contributed by atoms with Crippen molar-refractivity contribution in [3.63, 3.8) is 0 Å². The van der Waals surface area contributed by atoms with Gasteiger partial charge in [-0.05, 0) is 95.5 Å². The van der Waals surface area contributed by atoms with E-state index in [0.717, 1.165) is 17.2 Å². The maximum atomic E-state index is 10.9. The minimum absolute atomic E-state index is 0.223. The molecule has 2 atom stereocenters. The molecular weight excluding hydrogens is 352 g/mol. The topological polar surface area (TPSA) is 20.2 Å². The third kappa shape index (κ3) is 2.11. The Morgan fingerprint density at radius 3 is 2.24 bits per heavy atom. The highest BCUT2D eigenvalue weighted by atomic mass is 16.3. The van der Waals surface area contributed by atoms with Crippen LogP contribution in [-0.4, -0.2) is 5.11 Å². The highest BCUT2D eigenvalue weighted by molar-refractivity contribution is 5.90. The number of aromatic hydroxyl groups is 1. The number of phenolic OH excluding ortho intramolecular Hbond substituents is 1. The first kappa shape index (κ1) is 17.3. The molecule has 3 fully saturated rings. The summed E-state index contributed by atoms with van der Waals surface area (Å²) >= 11 is 0. The fourth-order valence-electron chi connectivity index (χ4n) is 7.19. The molecule has 1 heteroatoms. The molecule has 3 saturated carbocycles. The van der Waals surface area contributed by atoms with Gasteiger partial charge in [0.15, 0.2) is 0 Å². The van der Waals surface area contributed by atoms with E-state index in [9.17, 15) is 5.11 Å². The molecule has 3 aliphatic rings. The van der Waals surface area contributed by atoms with Crippen LogP contribution in [0.15, 0.2) is 60.7 Å². The van der Waals surface area contributed by atoms with Crippen molar-refractivity contribution in [3.8, 4) is 16.9 Å². The minimum atomic E-state index is 0.223. The van der Waals surface area contributed by atoms with Gasteiger partial charge in [0.25, 0.3) is 0 Å².